The van der Waals surface area contributed by atoms with Crippen LogP contribution in [0.5, 0.6) is 0 Å². The zero-order valence-electron chi connectivity index (χ0n) is 15.0. The molecular weight excluding hydrogens is 360 g/mol. The van der Waals surface area contributed by atoms with Crippen LogP contribution in [0.2, 0.25) is 0 Å². The van der Waals surface area contributed by atoms with Crippen molar-refractivity contribution < 1.29 is 28.9 Å². The predicted octanol–water partition coefficient (Wildman–Crippen LogP) is 2.75. The van der Waals surface area contributed by atoms with E-state index in [1.807, 2.05) is 0 Å². The number of benzene rings is 1. The minimum absolute atomic E-state index is 0.0121. The van der Waals surface area contributed by atoms with Crippen LogP contribution in [0.4, 0.5) is 5.69 Å². The van der Waals surface area contributed by atoms with Crippen LogP contribution in [-0.2, 0) is 19.1 Å². The first-order chi connectivity index (χ1) is 12.8. The molecule has 10 nitrogen and oxygen atoms in total. The molecule has 0 fully saturated rings. The Morgan fingerprint density at radius 3 is 2.48 bits per heavy atom. The Morgan fingerprint density at radius 1 is 1.22 bits per heavy atom. The average molecular weight is 380 g/mol. The van der Waals surface area contributed by atoms with Crippen molar-refractivity contribution in [2.45, 2.75) is 32.6 Å². The van der Waals surface area contributed by atoms with E-state index in [-0.39, 0.29) is 24.3 Å². The zero-order chi connectivity index (χ0) is 20.4. The largest absolute Gasteiger partial charge is 0.460 e. The molecule has 0 N–H and O–H groups in total. The fraction of sp³-hybridized carbons (Fsp3) is 0.412. The SMILES string of the molecule is CCCC(=O)O/C(=C\[C@@H](C[N+](=O)[O-])c1cccc([N+](=O)[O-])c1)C(=O)OCC. The van der Waals surface area contributed by atoms with Gasteiger partial charge >= 0.3 is 11.9 Å². The van der Waals surface area contributed by atoms with Crippen molar-refractivity contribution in [3.8, 4) is 0 Å². The number of non-ortho nitro benzene ring substituents is 1. The standard InChI is InChI=1S/C17H20N2O8/c1-3-6-16(20)27-15(17(21)26-4-2)10-13(11-18(22)23)12-7-5-8-14(9-12)19(24)25/h5,7-10,13H,3-4,6,11H2,1-2H3/b15-10-/t13-/m0/s1. The maximum absolute atomic E-state index is 12.1. The topological polar surface area (TPSA) is 139 Å². The van der Waals surface area contributed by atoms with E-state index in [2.05, 4.69) is 0 Å². The van der Waals surface area contributed by atoms with Gasteiger partial charge in [-0.2, -0.15) is 0 Å². The van der Waals surface area contributed by atoms with Crippen LogP contribution >= 0.6 is 0 Å². The van der Waals surface area contributed by atoms with Crippen molar-refractivity contribution in [3.05, 3.63) is 61.9 Å². The lowest BCUT2D eigenvalue weighted by atomic mass is 9.97. The minimum Gasteiger partial charge on any atom is -0.460 e. The van der Waals surface area contributed by atoms with Crippen LogP contribution in [0.25, 0.3) is 0 Å². The van der Waals surface area contributed by atoms with Gasteiger partial charge < -0.3 is 9.47 Å². The van der Waals surface area contributed by atoms with E-state index in [1.54, 1.807) is 13.8 Å². The highest BCUT2D eigenvalue weighted by atomic mass is 16.6. The van der Waals surface area contributed by atoms with Gasteiger partial charge in [0.05, 0.1) is 17.4 Å². The maximum atomic E-state index is 12.1. The Labute approximate surface area is 155 Å². The lowest BCUT2D eigenvalue weighted by Gasteiger charge is -2.12. The van der Waals surface area contributed by atoms with Gasteiger partial charge in [0.2, 0.25) is 12.3 Å². The number of nitrogens with zero attached hydrogens (tertiary/aromatic N) is 2. The summed E-state index contributed by atoms with van der Waals surface area (Å²) in [4.78, 5) is 44.5. The molecule has 1 atom stereocenters. The summed E-state index contributed by atoms with van der Waals surface area (Å²) < 4.78 is 9.83. The van der Waals surface area contributed by atoms with E-state index in [0.29, 0.717) is 6.42 Å². The van der Waals surface area contributed by atoms with E-state index in [4.69, 9.17) is 9.47 Å². The number of carbonyl (C=O) groups is 2. The molecule has 146 valence electrons. The second-order valence-electron chi connectivity index (χ2n) is 5.45. The van der Waals surface area contributed by atoms with Crippen molar-refractivity contribution >= 4 is 17.6 Å². The first-order valence-corrected chi connectivity index (χ1v) is 8.24. The molecule has 1 aromatic rings. The van der Waals surface area contributed by atoms with Crippen molar-refractivity contribution in [2.24, 2.45) is 0 Å². The third kappa shape index (κ3) is 7.22. The van der Waals surface area contributed by atoms with Gasteiger partial charge in [-0.3, -0.25) is 25.0 Å². The summed E-state index contributed by atoms with van der Waals surface area (Å²) in [6.45, 7) is 2.65. The van der Waals surface area contributed by atoms with Gasteiger partial charge in [0, 0.05) is 23.5 Å². The van der Waals surface area contributed by atoms with Gasteiger partial charge in [-0.1, -0.05) is 19.1 Å². The maximum Gasteiger partial charge on any atom is 0.374 e. The summed E-state index contributed by atoms with van der Waals surface area (Å²) in [7, 11) is 0. The molecular formula is C17H20N2O8. The molecule has 0 spiro atoms. The molecule has 0 aliphatic carbocycles. The van der Waals surface area contributed by atoms with Crippen molar-refractivity contribution in [1.82, 2.24) is 0 Å². The minimum atomic E-state index is -1.03. The molecule has 0 saturated heterocycles. The van der Waals surface area contributed by atoms with Crippen LogP contribution in [0.1, 0.15) is 38.2 Å². The van der Waals surface area contributed by atoms with E-state index in [0.717, 1.165) is 6.08 Å². The van der Waals surface area contributed by atoms with Crippen molar-refractivity contribution in [1.29, 1.82) is 0 Å². The summed E-state index contributed by atoms with van der Waals surface area (Å²) in [5.74, 6) is -3.14. The van der Waals surface area contributed by atoms with Gasteiger partial charge in [0.25, 0.3) is 5.69 Å². The Bertz CT molecular complexity index is 744. The highest BCUT2D eigenvalue weighted by molar-refractivity contribution is 5.89. The van der Waals surface area contributed by atoms with Crippen LogP contribution < -0.4 is 0 Å². The first-order valence-electron chi connectivity index (χ1n) is 8.24. The number of hydrogen-bond acceptors (Lipinski definition) is 8. The summed E-state index contributed by atoms with van der Waals surface area (Å²) in [5.41, 5.74) is -0.0239. The Balaban J connectivity index is 3.32. The molecule has 0 amide bonds. The monoisotopic (exact) mass is 380 g/mol. The molecule has 0 aliphatic rings. The Kier molecular flexibility index (Phi) is 8.57. The van der Waals surface area contributed by atoms with E-state index in [9.17, 15) is 29.8 Å². The summed E-state index contributed by atoms with van der Waals surface area (Å²) in [6, 6.07) is 5.24. The molecule has 27 heavy (non-hydrogen) atoms. The Hall–Kier alpha value is -3.30. The fourth-order valence-electron chi connectivity index (χ4n) is 2.19. The van der Waals surface area contributed by atoms with Crippen LogP contribution in [0.15, 0.2) is 36.1 Å². The number of nitro benzene ring substituents is 1. The van der Waals surface area contributed by atoms with Crippen molar-refractivity contribution in [2.75, 3.05) is 13.2 Å². The summed E-state index contributed by atoms with van der Waals surface area (Å²) >= 11 is 0. The number of esters is 2. The smallest absolute Gasteiger partial charge is 0.374 e. The Morgan fingerprint density at radius 2 is 1.93 bits per heavy atom. The van der Waals surface area contributed by atoms with Crippen LogP contribution in [-0.4, -0.2) is 34.9 Å². The second kappa shape index (κ2) is 10.6. The molecule has 0 unspecified atom stereocenters. The normalized spacial score (nSPS) is 12.1. The second-order valence-corrected chi connectivity index (χ2v) is 5.45. The number of rotatable bonds is 10. The van der Waals surface area contributed by atoms with Gasteiger partial charge in [0.15, 0.2) is 0 Å². The highest BCUT2D eigenvalue weighted by Crippen LogP contribution is 2.24. The van der Waals surface area contributed by atoms with Gasteiger partial charge in [-0.05, 0) is 25.0 Å². The number of nitro groups is 2. The van der Waals surface area contributed by atoms with Gasteiger partial charge in [0.1, 0.15) is 0 Å². The molecule has 10 heteroatoms. The summed E-state index contributed by atoms with van der Waals surface area (Å²) in [6.07, 6.45) is 1.62. The zero-order valence-corrected chi connectivity index (χ0v) is 15.0. The van der Waals surface area contributed by atoms with Gasteiger partial charge in [-0.25, -0.2) is 4.79 Å². The number of carbonyl (C=O) groups excluding carboxylic acids is 2. The van der Waals surface area contributed by atoms with Crippen LogP contribution in [0, 0.1) is 20.2 Å². The number of hydrogen-bond donors (Lipinski definition) is 0. The predicted molar refractivity (Wildman–Crippen MR) is 93.4 cm³/mol. The van der Waals surface area contributed by atoms with E-state index < -0.39 is 40.0 Å². The third-order valence-corrected chi connectivity index (χ3v) is 3.36. The average Bonchev–Trinajstić information content (AvgIpc) is 2.60. The van der Waals surface area contributed by atoms with E-state index in [1.165, 1.54) is 24.3 Å². The van der Waals surface area contributed by atoms with Crippen LogP contribution in [0.3, 0.4) is 0 Å². The number of ether oxygens (including phenoxy) is 2. The molecule has 1 aromatic carbocycles. The quantitative estimate of drug-likeness (QED) is 0.198. The lowest BCUT2D eigenvalue weighted by molar-refractivity contribution is -0.481. The highest BCUT2D eigenvalue weighted by Gasteiger charge is 2.24. The molecule has 0 saturated carbocycles. The van der Waals surface area contributed by atoms with E-state index >= 15 is 0 Å². The lowest BCUT2D eigenvalue weighted by Crippen LogP contribution is -2.18. The first kappa shape index (κ1) is 21.7. The molecule has 0 radical (unpaired) electrons. The molecule has 1 rings (SSSR count). The fourth-order valence-corrected chi connectivity index (χ4v) is 2.19. The molecule has 0 aliphatic heterocycles. The molecule has 0 aromatic heterocycles. The third-order valence-electron chi connectivity index (χ3n) is 3.36. The molecule has 0 bridgehead atoms. The summed E-state index contributed by atoms with van der Waals surface area (Å²) in [5, 5.41) is 22.0. The molecule has 0 heterocycles. The van der Waals surface area contributed by atoms with Crippen molar-refractivity contribution in [3.63, 3.8) is 0 Å². The van der Waals surface area contributed by atoms with Gasteiger partial charge in [-0.15, -0.1) is 0 Å².